The first-order valence-electron chi connectivity index (χ1n) is 18.4. The highest BCUT2D eigenvalue weighted by Gasteiger charge is 2.43. The zero-order chi connectivity index (χ0) is 37.7. The van der Waals surface area contributed by atoms with Gasteiger partial charge >= 0.3 is 6.03 Å². The van der Waals surface area contributed by atoms with Gasteiger partial charge in [-0.15, -0.1) is 0 Å². The number of benzene rings is 4. The van der Waals surface area contributed by atoms with Crippen molar-refractivity contribution in [1.82, 2.24) is 20.5 Å². The van der Waals surface area contributed by atoms with Crippen LogP contribution in [0.1, 0.15) is 53.9 Å². The minimum atomic E-state index is -0.982. The highest BCUT2D eigenvalue weighted by molar-refractivity contribution is 6.01. The minimum Gasteiger partial charge on any atom is -0.434 e. The van der Waals surface area contributed by atoms with Crippen molar-refractivity contribution >= 4 is 40.4 Å². The number of aromatic nitrogens is 1. The molecule has 4 aromatic carbocycles. The van der Waals surface area contributed by atoms with E-state index in [2.05, 4.69) is 20.9 Å². The Kier molecular flexibility index (Phi) is 13.2. The summed E-state index contributed by atoms with van der Waals surface area (Å²) in [7, 11) is 0. The van der Waals surface area contributed by atoms with E-state index in [1.165, 1.54) is 4.90 Å². The van der Waals surface area contributed by atoms with Gasteiger partial charge in [-0.05, 0) is 74.0 Å². The molecular weight excluding hydrogens is 684 g/mol. The van der Waals surface area contributed by atoms with Gasteiger partial charge in [0.15, 0.2) is 5.58 Å². The zero-order valence-corrected chi connectivity index (χ0v) is 30.1. The summed E-state index contributed by atoms with van der Waals surface area (Å²) in [6.45, 7) is 0.831. The maximum atomic E-state index is 14.6. The molecule has 280 valence electrons. The van der Waals surface area contributed by atoms with E-state index in [0.29, 0.717) is 49.0 Å². The van der Waals surface area contributed by atoms with Crippen LogP contribution in [0.4, 0.5) is 10.5 Å². The Balaban J connectivity index is 1.24. The molecule has 1 saturated heterocycles. The average molecular weight is 731 g/mol. The summed E-state index contributed by atoms with van der Waals surface area (Å²) < 4.78 is 12.1. The van der Waals surface area contributed by atoms with Gasteiger partial charge < -0.3 is 35.7 Å². The summed E-state index contributed by atoms with van der Waals surface area (Å²) in [5, 5.41) is 8.60. The molecule has 12 nitrogen and oxygen atoms in total. The Morgan fingerprint density at radius 3 is 2.17 bits per heavy atom. The third kappa shape index (κ3) is 10.2. The number of unbranched alkanes of at least 4 members (excludes halogenated alkanes) is 1. The number of hydrogen-bond acceptors (Lipinski definition) is 8. The van der Waals surface area contributed by atoms with Gasteiger partial charge in [0.1, 0.15) is 17.6 Å². The molecule has 2 heterocycles. The number of rotatable bonds is 17. The molecule has 0 radical (unpaired) electrons. The lowest BCUT2D eigenvalue weighted by Gasteiger charge is -2.29. The first kappa shape index (κ1) is 37.9. The number of anilines is 1. The van der Waals surface area contributed by atoms with E-state index in [1.54, 1.807) is 48.5 Å². The topological polar surface area (TPSA) is 169 Å². The number of aryl methyl sites for hydroxylation is 1. The molecule has 6 rings (SSSR count). The average Bonchev–Trinajstić information content (AvgIpc) is 3.84. The van der Waals surface area contributed by atoms with Crippen LogP contribution in [0.15, 0.2) is 120 Å². The molecule has 0 spiro atoms. The third-order valence-corrected chi connectivity index (χ3v) is 9.46. The second kappa shape index (κ2) is 18.8. The van der Waals surface area contributed by atoms with Crippen LogP contribution in [0.5, 0.6) is 0 Å². The Hall–Kier alpha value is -5.85. The zero-order valence-electron chi connectivity index (χ0n) is 30.1. The molecule has 5 aromatic rings. The minimum absolute atomic E-state index is 0.104. The number of likely N-dealkylation sites (tertiary alicyclic amines) is 1. The number of hydrogen-bond donors (Lipinski definition) is 4. The summed E-state index contributed by atoms with van der Waals surface area (Å²) in [6, 6.07) is 31.9. The summed E-state index contributed by atoms with van der Waals surface area (Å²) in [5.41, 5.74) is 9.28. The molecule has 0 unspecified atom stereocenters. The van der Waals surface area contributed by atoms with Crippen LogP contribution in [0.2, 0.25) is 0 Å². The van der Waals surface area contributed by atoms with E-state index in [-0.39, 0.29) is 31.9 Å². The van der Waals surface area contributed by atoms with Gasteiger partial charge in [-0.3, -0.25) is 14.4 Å². The lowest BCUT2D eigenvalue weighted by Crippen LogP contribution is -2.55. The summed E-state index contributed by atoms with van der Waals surface area (Å²) in [4.78, 5) is 61.9. The SMILES string of the molecule is NCCCC[C@H](NC(=O)[C@@H]1C[C@@H](OCc2ccccc2)CN1C(=O)[C@@H](CCc1ccccc1)NC(=O)Nc1ccccc1)C(=O)c1nc2ccccc2o1. The monoisotopic (exact) mass is 730 g/mol. The number of ether oxygens (including phenoxy) is 1. The van der Waals surface area contributed by atoms with E-state index in [1.807, 2.05) is 66.7 Å². The fraction of sp³-hybridized carbons (Fsp3) is 0.310. The molecule has 1 aliphatic heterocycles. The number of carbonyl (C=O) groups excluding carboxylic acids is 4. The second-order valence-electron chi connectivity index (χ2n) is 13.4. The van der Waals surface area contributed by atoms with Crippen LogP contribution < -0.4 is 21.7 Å². The lowest BCUT2D eigenvalue weighted by atomic mass is 10.0. The number of urea groups is 1. The van der Waals surface area contributed by atoms with Gasteiger partial charge in [-0.2, -0.15) is 0 Å². The number of oxazole rings is 1. The van der Waals surface area contributed by atoms with Gasteiger partial charge in [-0.25, -0.2) is 9.78 Å². The molecule has 12 heteroatoms. The van der Waals surface area contributed by atoms with Crippen molar-refractivity contribution in [3.63, 3.8) is 0 Å². The van der Waals surface area contributed by atoms with Crippen molar-refractivity contribution in [1.29, 1.82) is 0 Å². The van der Waals surface area contributed by atoms with Crippen molar-refractivity contribution in [2.75, 3.05) is 18.4 Å². The van der Waals surface area contributed by atoms with Crippen LogP contribution >= 0.6 is 0 Å². The van der Waals surface area contributed by atoms with Gasteiger partial charge in [0.05, 0.1) is 18.8 Å². The smallest absolute Gasteiger partial charge is 0.319 e. The van der Waals surface area contributed by atoms with E-state index >= 15 is 0 Å². The van der Waals surface area contributed by atoms with Gasteiger partial charge in [0, 0.05) is 18.7 Å². The van der Waals surface area contributed by atoms with Gasteiger partial charge in [0.25, 0.3) is 5.89 Å². The fourth-order valence-electron chi connectivity index (χ4n) is 6.61. The van der Waals surface area contributed by atoms with Crippen LogP contribution in [0.3, 0.4) is 0 Å². The maximum Gasteiger partial charge on any atom is 0.319 e. The predicted molar refractivity (Wildman–Crippen MR) is 205 cm³/mol. The van der Waals surface area contributed by atoms with Crippen LogP contribution in [-0.2, 0) is 27.4 Å². The molecule has 5 N–H and O–H groups in total. The predicted octanol–water partition coefficient (Wildman–Crippen LogP) is 5.63. The number of para-hydroxylation sites is 3. The largest absolute Gasteiger partial charge is 0.434 e. The fourth-order valence-corrected chi connectivity index (χ4v) is 6.61. The van der Waals surface area contributed by atoms with Crippen molar-refractivity contribution in [3.8, 4) is 0 Å². The Bertz CT molecular complexity index is 1960. The molecule has 4 atom stereocenters. The highest BCUT2D eigenvalue weighted by Crippen LogP contribution is 2.25. The summed E-state index contributed by atoms with van der Waals surface area (Å²) in [5.74, 6) is -1.51. The van der Waals surface area contributed by atoms with Crippen molar-refractivity contribution in [2.45, 2.75) is 69.4 Å². The van der Waals surface area contributed by atoms with E-state index in [9.17, 15) is 19.2 Å². The summed E-state index contributed by atoms with van der Waals surface area (Å²) >= 11 is 0. The van der Waals surface area contributed by atoms with Crippen molar-refractivity contribution in [3.05, 3.63) is 132 Å². The van der Waals surface area contributed by atoms with Gasteiger partial charge in [-0.1, -0.05) is 91.0 Å². The first-order chi connectivity index (χ1) is 26.4. The Morgan fingerprint density at radius 2 is 1.46 bits per heavy atom. The van der Waals surface area contributed by atoms with Crippen molar-refractivity contribution in [2.24, 2.45) is 5.73 Å². The number of carbonyl (C=O) groups is 4. The van der Waals surface area contributed by atoms with E-state index < -0.39 is 47.9 Å². The first-order valence-corrected chi connectivity index (χ1v) is 18.4. The van der Waals surface area contributed by atoms with E-state index in [0.717, 1.165) is 11.1 Å². The molecular formula is C42H46N6O6. The molecule has 1 aromatic heterocycles. The number of nitrogens with one attached hydrogen (secondary N) is 3. The van der Waals surface area contributed by atoms with Gasteiger partial charge in [0.2, 0.25) is 17.6 Å². The Labute approximate surface area is 314 Å². The van der Waals surface area contributed by atoms with Crippen LogP contribution in [0, 0.1) is 0 Å². The summed E-state index contributed by atoms with van der Waals surface area (Å²) in [6.07, 6.45) is 2.02. The third-order valence-electron chi connectivity index (χ3n) is 9.46. The van der Waals surface area contributed by atoms with Crippen LogP contribution in [0.25, 0.3) is 11.1 Å². The number of nitrogens with two attached hydrogens (primary N) is 1. The number of Topliss-reactive ketones (excluding diaryl/α,β-unsaturated/α-hetero) is 1. The van der Waals surface area contributed by atoms with Crippen molar-refractivity contribution < 1.29 is 28.3 Å². The number of ketones is 1. The second-order valence-corrected chi connectivity index (χ2v) is 13.4. The molecule has 0 saturated carbocycles. The lowest BCUT2D eigenvalue weighted by molar-refractivity contribution is -0.140. The molecule has 54 heavy (non-hydrogen) atoms. The Morgan fingerprint density at radius 1 is 0.796 bits per heavy atom. The molecule has 1 fully saturated rings. The number of amides is 4. The molecule has 0 bridgehead atoms. The maximum absolute atomic E-state index is 14.6. The quantitative estimate of drug-likeness (QED) is 0.0705. The molecule has 0 aliphatic carbocycles. The standard InChI is InChI=1S/C42H46N6O6/c43-25-13-12-21-34(38(49)40-46-33-20-10-11-22-37(33)54-40)45-39(50)36-26-32(53-28-30-16-6-2-7-17-30)27-48(36)41(51)35(24-23-29-14-4-1-5-15-29)47-42(52)44-31-18-8-3-9-19-31/h1-11,14-20,22,32,34-36H,12-13,21,23-28,43H2,(H,45,50)(H2,44,47,52)/t32-,34+,35-,36+/m1/s1. The molecule has 4 amide bonds. The van der Waals surface area contributed by atoms with E-state index in [4.69, 9.17) is 14.9 Å². The molecule has 1 aliphatic rings. The normalized spacial score (nSPS) is 16.4. The number of fused-ring (bicyclic) bond motifs is 1. The highest BCUT2D eigenvalue weighted by atomic mass is 16.5. The number of nitrogens with zero attached hydrogens (tertiary/aromatic N) is 2. The van der Waals surface area contributed by atoms with Crippen LogP contribution in [-0.4, -0.2) is 70.8 Å².